The highest BCUT2D eigenvalue weighted by atomic mass is 32.2. The highest BCUT2D eigenvalue weighted by Gasteiger charge is 2.22. The summed E-state index contributed by atoms with van der Waals surface area (Å²) < 4.78 is 0. The fourth-order valence-corrected chi connectivity index (χ4v) is 4.21. The fraction of sp³-hybridized carbons (Fsp3) is 0.200. The quantitative estimate of drug-likeness (QED) is 0.375. The molecule has 0 fully saturated rings. The maximum Gasteiger partial charge on any atom is 0.284 e. The molecule has 0 aromatic heterocycles. The largest absolute Gasteiger partial charge is 0.332 e. The molecule has 1 N–H and O–H groups in total. The van der Waals surface area contributed by atoms with Gasteiger partial charge in [-0.15, -0.1) is 0 Å². The Morgan fingerprint density at radius 1 is 1.00 bits per heavy atom. The number of nitrogens with one attached hydrogen (secondary N) is 1. The van der Waals surface area contributed by atoms with Gasteiger partial charge in [-0.3, -0.25) is 19.7 Å². The number of aryl methyl sites for hydroxylation is 3. The molecule has 170 valence electrons. The molecule has 2 amide bonds. The first-order chi connectivity index (χ1) is 15.7. The van der Waals surface area contributed by atoms with Crippen LogP contribution >= 0.6 is 11.8 Å². The maximum absolute atomic E-state index is 12.9. The lowest BCUT2D eigenvalue weighted by molar-refractivity contribution is -0.387. The average Bonchev–Trinajstić information content (AvgIpc) is 2.77. The van der Waals surface area contributed by atoms with Crippen molar-refractivity contribution in [3.63, 3.8) is 0 Å². The normalized spacial score (nSPS) is 10.5. The van der Waals surface area contributed by atoms with Gasteiger partial charge in [0.2, 0.25) is 5.91 Å². The Morgan fingerprint density at radius 2 is 1.64 bits per heavy atom. The number of hydrogen-bond donors (Lipinski definition) is 1. The van der Waals surface area contributed by atoms with Crippen molar-refractivity contribution in [2.24, 2.45) is 0 Å². The van der Waals surface area contributed by atoms with Crippen LogP contribution in [0, 0.1) is 30.9 Å². The van der Waals surface area contributed by atoms with Gasteiger partial charge in [0.05, 0.1) is 16.4 Å². The third-order valence-electron chi connectivity index (χ3n) is 5.12. The lowest BCUT2D eigenvalue weighted by Gasteiger charge is -2.18. The molecule has 0 spiro atoms. The number of anilines is 1. The summed E-state index contributed by atoms with van der Waals surface area (Å²) in [5.74, 6) is -0.814. The molecule has 0 aliphatic rings. The fourth-order valence-electron chi connectivity index (χ4n) is 3.31. The first-order valence-electron chi connectivity index (χ1n) is 10.3. The Hall–Kier alpha value is -3.65. The molecule has 3 rings (SSSR count). The van der Waals surface area contributed by atoms with Crippen LogP contribution in [0.1, 0.15) is 27.0 Å². The van der Waals surface area contributed by atoms with Gasteiger partial charge in [-0.05, 0) is 56.2 Å². The number of nitrogens with zero attached hydrogens (tertiary/aromatic N) is 2. The minimum absolute atomic E-state index is 0.150. The SMILES string of the molecule is Cc1ccc(Sc2ccc(C(=O)N(C)CC(=O)Nc3c(C)cccc3C)cc2[N+](=O)[O-])cc1. The van der Waals surface area contributed by atoms with Crippen molar-refractivity contribution in [3.05, 3.63) is 93.0 Å². The van der Waals surface area contributed by atoms with Gasteiger partial charge in [0, 0.05) is 29.3 Å². The monoisotopic (exact) mass is 463 g/mol. The third kappa shape index (κ3) is 5.98. The molecule has 0 radical (unpaired) electrons. The minimum Gasteiger partial charge on any atom is -0.332 e. The van der Waals surface area contributed by atoms with Crippen LogP contribution in [0.25, 0.3) is 0 Å². The molecule has 0 bridgehead atoms. The Morgan fingerprint density at radius 3 is 2.24 bits per heavy atom. The van der Waals surface area contributed by atoms with Gasteiger partial charge < -0.3 is 10.2 Å². The van der Waals surface area contributed by atoms with Crippen LogP contribution in [0.2, 0.25) is 0 Å². The summed E-state index contributed by atoms with van der Waals surface area (Å²) >= 11 is 1.26. The van der Waals surface area contributed by atoms with E-state index in [1.165, 1.54) is 29.8 Å². The third-order valence-corrected chi connectivity index (χ3v) is 6.20. The molecule has 7 nitrogen and oxygen atoms in total. The van der Waals surface area contributed by atoms with Gasteiger partial charge in [0.15, 0.2) is 0 Å². The molecule has 0 aliphatic carbocycles. The van der Waals surface area contributed by atoms with Crippen molar-refractivity contribution < 1.29 is 14.5 Å². The number of carbonyl (C=O) groups is 2. The van der Waals surface area contributed by atoms with E-state index >= 15 is 0 Å². The second kappa shape index (κ2) is 10.3. The van der Waals surface area contributed by atoms with E-state index in [1.54, 1.807) is 12.1 Å². The number of hydrogen-bond acceptors (Lipinski definition) is 5. The van der Waals surface area contributed by atoms with Gasteiger partial charge >= 0.3 is 0 Å². The molecular weight excluding hydrogens is 438 g/mol. The number of nitro groups is 1. The van der Waals surface area contributed by atoms with Gasteiger partial charge in [0.1, 0.15) is 0 Å². The van der Waals surface area contributed by atoms with Gasteiger partial charge in [-0.2, -0.15) is 0 Å². The predicted octanol–water partition coefficient (Wildman–Crippen LogP) is 5.38. The first-order valence-corrected chi connectivity index (χ1v) is 11.1. The molecule has 0 unspecified atom stereocenters. The van der Waals surface area contributed by atoms with Crippen molar-refractivity contribution in [2.75, 3.05) is 18.9 Å². The van der Waals surface area contributed by atoms with E-state index in [2.05, 4.69) is 5.32 Å². The molecule has 3 aromatic rings. The molecule has 0 saturated heterocycles. The van der Waals surface area contributed by atoms with Crippen LogP contribution in [-0.4, -0.2) is 35.2 Å². The second-order valence-corrected chi connectivity index (χ2v) is 8.95. The predicted molar refractivity (Wildman–Crippen MR) is 130 cm³/mol. The second-order valence-electron chi connectivity index (χ2n) is 7.83. The summed E-state index contributed by atoms with van der Waals surface area (Å²) in [6.45, 7) is 5.58. The number of para-hydroxylation sites is 1. The number of amides is 2. The van der Waals surface area contributed by atoms with Gasteiger partial charge in [-0.25, -0.2) is 0 Å². The van der Waals surface area contributed by atoms with Crippen LogP contribution in [0.5, 0.6) is 0 Å². The van der Waals surface area contributed by atoms with E-state index in [1.807, 2.05) is 63.2 Å². The number of benzene rings is 3. The van der Waals surface area contributed by atoms with Gasteiger partial charge in [0.25, 0.3) is 11.6 Å². The Balaban J connectivity index is 1.74. The summed E-state index contributed by atoms with van der Waals surface area (Å²) in [6, 6.07) is 17.7. The first kappa shape index (κ1) is 24.0. The summed E-state index contributed by atoms with van der Waals surface area (Å²) in [5, 5.41) is 14.5. The topological polar surface area (TPSA) is 92.6 Å². The summed E-state index contributed by atoms with van der Waals surface area (Å²) in [6.07, 6.45) is 0. The molecule has 0 atom stereocenters. The average molecular weight is 464 g/mol. The van der Waals surface area contributed by atoms with Crippen molar-refractivity contribution in [2.45, 2.75) is 30.6 Å². The molecule has 0 saturated carbocycles. The van der Waals surface area contributed by atoms with Crippen LogP contribution in [0.3, 0.4) is 0 Å². The van der Waals surface area contributed by atoms with Gasteiger partial charge in [-0.1, -0.05) is 47.7 Å². The zero-order valence-corrected chi connectivity index (χ0v) is 19.7. The molecule has 0 aliphatic heterocycles. The molecular formula is C25H25N3O4S. The highest BCUT2D eigenvalue weighted by molar-refractivity contribution is 7.99. The van der Waals surface area contributed by atoms with Crippen LogP contribution in [0.15, 0.2) is 70.5 Å². The lowest BCUT2D eigenvalue weighted by Crippen LogP contribution is -2.35. The molecule has 33 heavy (non-hydrogen) atoms. The maximum atomic E-state index is 12.9. The Kier molecular flexibility index (Phi) is 7.50. The van der Waals surface area contributed by atoms with Crippen molar-refractivity contribution in [1.82, 2.24) is 4.90 Å². The highest BCUT2D eigenvalue weighted by Crippen LogP contribution is 2.35. The lowest BCUT2D eigenvalue weighted by atomic mass is 10.1. The van der Waals surface area contributed by atoms with E-state index in [-0.39, 0.29) is 23.7 Å². The van der Waals surface area contributed by atoms with E-state index in [0.717, 1.165) is 27.3 Å². The zero-order chi connectivity index (χ0) is 24.1. The summed E-state index contributed by atoms with van der Waals surface area (Å²) in [7, 11) is 1.49. The number of rotatable bonds is 7. The summed E-state index contributed by atoms with van der Waals surface area (Å²) in [4.78, 5) is 39.1. The van der Waals surface area contributed by atoms with Crippen LogP contribution < -0.4 is 5.32 Å². The molecule has 3 aromatic carbocycles. The van der Waals surface area contributed by atoms with Crippen molar-refractivity contribution in [3.8, 4) is 0 Å². The van der Waals surface area contributed by atoms with Crippen LogP contribution in [0.4, 0.5) is 11.4 Å². The van der Waals surface area contributed by atoms with Crippen LogP contribution in [-0.2, 0) is 4.79 Å². The number of likely N-dealkylation sites (N-methyl/N-ethyl adjacent to an activating group) is 1. The summed E-state index contributed by atoms with van der Waals surface area (Å²) in [5.41, 5.74) is 3.66. The molecule has 8 heteroatoms. The number of nitro benzene ring substituents is 1. The van der Waals surface area contributed by atoms with Crippen molar-refractivity contribution >= 4 is 35.0 Å². The smallest absolute Gasteiger partial charge is 0.284 e. The Bertz CT molecular complexity index is 1190. The van der Waals surface area contributed by atoms with E-state index in [4.69, 9.17) is 0 Å². The minimum atomic E-state index is -0.499. The van der Waals surface area contributed by atoms with E-state index in [9.17, 15) is 19.7 Å². The van der Waals surface area contributed by atoms with E-state index < -0.39 is 10.8 Å². The molecule has 0 heterocycles. The zero-order valence-electron chi connectivity index (χ0n) is 18.9. The van der Waals surface area contributed by atoms with Crippen molar-refractivity contribution in [1.29, 1.82) is 0 Å². The number of carbonyl (C=O) groups excluding carboxylic acids is 2. The standard InChI is InChI=1S/C25H25N3O4S/c1-16-8-11-20(12-9-16)33-22-13-10-19(14-21(22)28(31)32)25(30)27(4)15-23(29)26-24-17(2)6-5-7-18(24)3/h5-14H,15H2,1-4H3,(H,26,29). The van der Waals surface area contributed by atoms with E-state index in [0.29, 0.717) is 4.90 Å². The Labute approximate surface area is 197 Å².